The first-order valence-corrected chi connectivity index (χ1v) is 5.74. The van der Waals surface area contributed by atoms with Crippen molar-refractivity contribution >= 4 is 5.78 Å². The van der Waals surface area contributed by atoms with Gasteiger partial charge in [0.2, 0.25) is 12.3 Å². The molecule has 0 spiro atoms. The van der Waals surface area contributed by atoms with Crippen molar-refractivity contribution in [2.45, 2.75) is 13.0 Å². The quantitative estimate of drug-likeness (QED) is 0.602. The van der Waals surface area contributed by atoms with Gasteiger partial charge in [0, 0.05) is 17.7 Å². The van der Waals surface area contributed by atoms with Crippen LogP contribution in [-0.2, 0) is 13.0 Å². The fourth-order valence-electron chi connectivity index (χ4n) is 1.78. The lowest BCUT2D eigenvalue weighted by molar-refractivity contribution is -0.690. The van der Waals surface area contributed by atoms with Gasteiger partial charge in [0.15, 0.2) is 11.9 Å². The summed E-state index contributed by atoms with van der Waals surface area (Å²) in [6, 6.07) is 16.9. The number of ketones is 1. The van der Waals surface area contributed by atoms with Crippen LogP contribution in [0.25, 0.3) is 0 Å². The molecule has 1 aromatic carbocycles. The number of rotatable bonds is 4. The molecule has 2 aromatic rings. The van der Waals surface area contributed by atoms with Crippen LogP contribution < -0.4 is 4.57 Å². The van der Waals surface area contributed by atoms with E-state index in [9.17, 15) is 4.79 Å². The summed E-state index contributed by atoms with van der Waals surface area (Å²) in [7, 11) is 0. The van der Waals surface area contributed by atoms with Gasteiger partial charge in [0.1, 0.15) is 6.42 Å². The van der Waals surface area contributed by atoms with Crippen LogP contribution in [-0.4, -0.2) is 5.78 Å². The molecule has 0 bridgehead atoms. The molecular formula is C15H13N2O+. The number of nitrogens with zero attached hydrogens (tertiary/aromatic N) is 2. The number of pyridine rings is 1. The number of hydrogen-bond donors (Lipinski definition) is 0. The minimum Gasteiger partial charge on any atom is -0.287 e. The maximum atomic E-state index is 12.1. The highest BCUT2D eigenvalue weighted by Crippen LogP contribution is 2.01. The van der Waals surface area contributed by atoms with Gasteiger partial charge in [-0.15, -0.1) is 0 Å². The van der Waals surface area contributed by atoms with Gasteiger partial charge in [0.25, 0.3) is 0 Å². The number of nitriles is 1. The molecule has 18 heavy (non-hydrogen) atoms. The van der Waals surface area contributed by atoms with E-state index < -0.39 is 0 Å². The second-order valence-electron chi connectivity index (χ2n) is 3.94. The highest BCUT2D eigenvalue weighted by atomic mass is 16.1. The molecule has 3 heteroatoms. The Hall–Kier alpha value is -2.47. The molecule has 0 aliphatic heterocycles. The normalized spacial score (nSPS) is 9.72. The van der Waals surface area contributed by atoms with E-state index in [2.05, 4.69) is 6.07 Å². The van der Waals surface area contributed by atoms with Gasteiger partial charge in [-0.25, -0.2) is 0 Å². The van der Waals surface area contributed by atoms with Crippen LogP contribution in [0, 0.1) is 11.3 Å². The van der Waals surface area contributed by atoms with Crippen LogP contribution in [0.1, 0.15) is 16.1 Å². The Morgan fingerprint density at radius 2 is 1.83 bits per heavy atom. The predicted molar refractivity (Wildman–Crippen MR) is 66.7 cm³/mol. The van der Waals surface area contributed by atoms with Crippen molar-refractivity contribution in [3.63, 3.8) is 0 Å². The average Bonchev–Trinajstić information content (AvgIpc) is 2.42. The van der Waals surface area contributed by atoms with E-state index in [0.717, 1.165) is 5.69 Å². The van der Waals surface area contributed by atoms with E-state index in [0.29, 0.717) is 12.0 Å². The van der Waals surface area contributed by atoms with Crippen molar-refractivity contribution in [2.24, 2.45) is 0 Å². The van der Waals surface area contributed by atoms with Crippen LogP contribution in [0.15, 0.2) is 54.7 Å². The second-order valence-corrected chi connectivity index (χ2v) is 3.94. The number of Topliss-reactive ketones (excluding diaryl/α,β-unsaturated/α-hetero) is 1. The molecule has 0 fully saturated rings. The Balaban J connectivity index is 2.20. The van der Waals surface area contributed by atoms with E-state index in [1.165, 1.54) is 0 Å². The summed E-state index contributed by atoms with van der Waals surface area (Å²) in [5.74, 6) is 0.0472. The average molecular weight is 237 g/mol. The molecule has 3 nitrogen and oxygen atoms in total. The molecule has 0 radical (unpaired) electrons. The van der Waals surface area contributed by atoms with E-state index in [-0.39, 0.29) is 12.3 Å². The number of carbonyl (C=O) groups excluding carboxylic acids is 1. The van der Waals surface area contributed by atoms with E-state index in [1.807, 2.05) is 47.2 Å². The zero-order valence-corrected chi connectivity index (χ0v) is 9.91. The number of carbonyl (C=O) groups is 1. The number of benzene rings is 1. The lowest BCUT2D eigenvalue weighted by atomic mass is 10.1. The van der Waals surface area contributed by atoms with Crippen molar-refractivity contribution in [1.29, 1.82) is 5.26 Å². The zero-order chi connectivity index (χ0) is 12.8. The maximum Gasteiger partial charge on any atom is 0.227 e. The lowest BCUT2D eigenvalue weighted by Gasteiger charge is -2.01. The van der Waals surface area contributed by atoms with Crippen LogP contribution in [0.3, 0.4) is 0 Å². The first kappa shape index (κ1) is 12.0. The molecule has 0 amide bonds. The summed E-state index contributed by atoms with van der Waals surface area (Å²) in [4.78, 5) is 12.1. The first-order valence-electron chi connectivity index (χ1n) is 5.74. The predicted octanol–water partition coefficient (Wildman–Crippen LogP) is 1.92. The first-order chi connectivity index (χ1) is 8.81. The smallest absolute Gasteiger partial charge is 0.227 e. The van der Waals surface area contributed by atoms with E-state index >= 15 is 0 Å². The molecule has 0 N–H and O–H groups in total. The van der Waals surface area contributed by atoms with Crippen LogP contribution in [0.4, 0.5) is 0 Å². The molecule has 1 aromatic heterocycles. The van der Waals surface area contributed by atoms with Crippen molar-refractivity contribution in [3.8, 4) is 6.07 Å². The van der Waals surface area contributed by atoms with Crippen molar-refractivity contribution in [3.05, 3.63) is 66.0 Å². The van der Waals surface area contributed by atoms with Gasteiger partial charge in [-0.05, 0) is 0 Å². The Morgan fingerprint density at radius 1 is 1.11 bits per heavy atom. The second kappa shape index (κ2) is 5.74. The van der Waals surface area contributed by atoms with Gasteiger partial charge in [-0.3, -0.25) is 4.79 Å². The lowest BCUT2D eigenvalue weighted by Crippen LogP contribution is -2.41. The van der Waals surface area contributed by atoms with Gasteiger partial charge in [-0.1, -0.05) is 36.4 Å². The Bertz CT molecular complexity index is 585. The standard InChI is InChI=1S/C15H13N2O/c16-10-9-14-8-4-5-11-17(14)12-15(18)13-6-2-1-3-7-13/h1-8,11H,9,12H2/q+1. The fourth-order valence-corrected chi connectivity index (χ4v) is 1.78. The summed E-state index contributed by atoms with van der Waals surface area (Å²) in [6.07, 6.45) is 2.14. The highest BCUT2D eigenvalue weighted by Gasteiger charge is 2.15. The molecule has 0 saturated carbocycles. The van der Waals surface area contributed by atoms with Crippen molar-refractivity contribution < 1.29 is 9.36 Å². The van der Waals surface area contributed by atoms with Gasteiger partial charge in [0.05, 0.1) is 6.07 Å². The van der Waals surface area contributed by atoms with Crippen molar-refractivity contribution in [2.75, 3.05) is 0 Å². The van der Waals surface area contributed by atoms with Gasteiger partial charge in [-0.2, -0.15) is 9.83 Å². The largest absolute Gasteiger partial charge is 0.287 e. The Kier molecular flexibility index (Phi) is 3.83. The fraction of sp³-hybridized carbons (Fsp3) is 0.133. The minimum absolute atomic E-state index is 0.0472. The highest BCUT2D eigenvalue weighted by molar-refractivity contribution is 5.94. The minimum atomic E-state index is 0.0472. The van der Waals surface area contributed by atoms with Gasteiger partial charge >= 0.3 is 0 Å². The summed E-state index contributed by atoms with van der Waals surface area (Å²) < 4.78 is 1.82. The molecule has 0 atom stereocenters. The maximum absolute atomic E-state index is 12.1. The summed E-state index contributed by atoms with van der Waals surface area (Å²) in [6.45, 7) is 0.266. The molecule has 1 heterocycles. The summed E-state index contributed by atoms with van der Waals surface area (Å²) in [5.41, 5.74) is 1.54. The van der Waals surface area contributed by atoms with Crippen molar-refractivity contribution in [1.82, 2.24) is 0 Å². The Morgan fingerprint density at radius 3 is 2.56 bits per heavy atom. The summed E-state index contributed by atoms with van der Waals surface area (Å²) in [5, 5.41) is 8.75. The summed E-state index contributed by atoms with van der Waals surface area (Å²) >= 11 is 0. The third kappa shape index (κ3) is 2.80. The third-order valence-corrected chi connectivity index (χ3v) is 2.70. The van der Waals surface area contributed by atoms with Gasteiger partial charge < -0.3 is 0 Å². The van der Waals surface area contributed by atoms with Crippen LogP contribution in [0.5, 0.6) is 0 Å². The molecular weight excluding hydrogens is 224 g/mol. The topological polar surface area (TPSA) is 44.7 Å². The number of hydrogen-bond acceptors (Lipinski definition) is 2. The molecule has 0 saturated heterocycles. The monoisotopic (exact) mass is 237 g/mol. The molecule has 0 aliphatic rings. The third-order valence-electron chi connectivity index (χ3n) is 2.70. The Labute approximate surface area is 106 Å². The zero-order valence-electron chi connectivity index (χ0n) is 9.91. The van der Waals surface area contributed by atoms with Crippen LogP contribution >= 0.6 is 0 Å². The molecule has 2 rings (SSSR count). The van der Waals surface area contributed by atoms with E-state index in [4.69, 9.17) is 5.26 Å². The number of aromatic nitrogens is 1. The molecule has 0 aliphatic carbocycles. The molecule has 0 unspecified atom stereocenters. The van der Waals surface area contributed by atoms with Crippen LogP contribution in [0.2, 0.25) is 0 Å². The SMILES string of the molecule is N#CCc1cccc[n+]1CC(=O)c1ccccc1. The molecule has 88 valence electrons. The van der Waals surface area contributed by atoms with E-state index in [1.54, 1.807) is 12.1 Å².